The number of carbonyl (C=O) groups excluding carboxylic acids is 1. The SMILES string of the molecule is CCC(C)OC(=O)C1OCCO1. The van der Waals surface area contributed by atoms with E-state index in [0.717, 1.165) is 6.42 Å². The standard InChI is InChI=1S/C8H14O4/c1-3-6(2)12-7(9)8-10-4-5-11-8/h6,8H,3-5H2,1-2H3. The van der Waals surface area contributed by atoms with Crippen molar-refractivity contribution in [2.45, 2.75) is 32.7 Å². The van der Waals surface area contributed by atoms with E-state index in [2.05, 4.69) is 0 Å². The molecule has 0 amide bonds. The van der Waals surface area contributed by atoms with Crippen molar-refractivity contribution in [3.63, 3.8) is 0 Å². The molecular weight excluding hydrogens is 160 g/mol. The van der Waals surface area contributed by atoms with E-state index in [4.69, 9.17) is 14.2 Å². The van der Waals surface area contributed by atoms with Gasteiger partial charge in [-0.05, 0) is 13.3 Å². The van der Waals surface area contributed by atoms with E-state index in [1.54, 1.807) is 0 Å². The van der Waals surface area contributed by atoms with Gasteiger partial charge in [-0.15, -0.1) is 0 Å². The van der Waals surface area contributed by atoms with Crippen molar-refractivity contribution >= 4 is 5.97 Å². The molecule has 1 unspecified atom stereocenters. The van der Waals surface area contributed by atoms with Crippen molar-refractivity contribution < 1.29 is 19.0 Å². The monoisotopic (exact) mass is 174 g/mol. The summed E-state index contributed by atoms with van der Waals surface area (Å²) >= 11 is 0. The number of esters is 1. The fraction of sp³-hybridized carbons (Fsp3) is 0.875. The number of rotatable bonds is 3. The van der Waals surface area contributed by atoms with Gasteiger partial charge in [0.2, 0.25) is 0 Å². The second-order valence-corrected chi connectivity index (χ2v) is 2.73. The van der Waals surface area contributed by atoms with Crippen LogP contribution >= 0.6 is 0 Å². The minimum absolute atomic E-state index is 0.0645. The van der Waals surface area contributed by atoms with Crippen molar-refractivity contribution in [3.05, 3.63) is 0 Å². The molecule has 0 N–H and O–H groups in total. The van der Waals surface area contributed by atoms with Gasteiger partial charge in [0.1, 0.15) is 0 Å². The van der Waals surface area contributed by atoms with E-state index in [1.807, 2.05) is 13.8 Å². The average molecular weight is 174 g/mol. The third-order valence-corrected chi connectivity index (χ3v) is 1.71. The van der Waals surface area contributed by atoms with Gasteiger partial charge < -0.3 is 14.2 Å². The first-order valence-electron chi connectivity index (χ1n) is 4.17. The Morgan fingerprint density at radius 1 is 1.58 bits per heavy atom. The first-order chi connectivity index (χ1) is 5.74. The van der Waals surface area contributed by atoms with Crippen molar-refractivity contribution in [1.29, 1.82) is 0 Å². The van der Waals surface area contributed by atoms with Crippen LogP contribution in [0.15, 0.2) is 0 Å². The van der Waals surface area contributed by atoms with Crippen LogP contribution in [0.2, 0.25) is 0 Å². The fourth-order valence-electron chi connectivity index (χ4n) is 0.832. The van der Waals surface area contributed by atoms with Crippen LogP contribution in [-0.4, -0.2) is 31.6 Å². The van der Waals surface area contributed by atoms with Crippen molar-refractivity contribution in [1.82, 2.24) is 0 Å². The lowest BCUT2D eigenvalue weighted by Gasteiger charge is -2.13. The molecule has 1 atom stereocenters. The lowest BCUT2D eigenvalue weighted by molar-refractivity contribution is -0.176. The van der Waals surface area contributed by atoms with E-state index in [0.29, 0.717) is 13.2 Å². The second kappa shape index (κ2) is 4.42. The van der Waals surface area contributed by atoms with Crippen LogP contribution in [0.25, 0.3) is 0 Å². The summed E-state index contributed by atoms with van der Waals surface area (Å²) in [6, 6.07) is 0. The Kier molecular flexibility index (Phi) is 3.49. The molecule has 0 aromatic carbocycles. The molecule has 1 aliphatic heterocycles. The predicted molar refractivity (Wildman–Crippen MR) is 41.5 cm³/mol. The van der Waals surface area contributed by atoms with Gasteiger partial charge in [-0.3, -0.25) is 0 Å². The zero-order valence-electron chi connectivity index (χ0n) is 7.41. The summed E-state index contributed by atoms with van der Waals surface area (Å²) in [7, 11) is 0. The van der Waals surface area contributed by atoms with E-state index in [9.17, 15) is 4.79 Å². The molecule has 0 spiro atoms. The summed E-state index contributed by atoms with van der Waals surface area (Å²) in [5, 5.41) is 0. The number of hydrogen-bond donors (Lipinski definition) is 0. The third kappa shape index (κ3) is 2.46. The van der Waals surface area contributed by atoms with Crippen LogP contribution in [0.5, 0.6) is 0 Å². The molecule has 12 heavy (non-hydrogen) atoms. The summed E-state index contributed by atoms with van der Waals surface area (Å²) in [6.45, 7) is 4.74. The van der Waals surface area contributed by atoms with Gasteiger partial charge in [0, 0.05) is 0 Å². The highest BCUT2D eigenvalue weighted by atomic mass is 16.7. The summed E-state index contributed by atoms with van der Waals surface area (Å²) in [5.74, 6) is -0.415. The molecule has 4 heteroatoms. The van der Waals surface area contributed by atoms with E-state index in [1.165, 1.54) is 0 Å². The smallest absolute Gasteiger partial charge is 0.363 e. The van der Waals surface area contributed by atoms with Crippen molar-refractivity contribution in [2.75, 3.05) is 13.2 Å². The van der Waals surface area contributed by atoms with Crippen LogP contribution < -0.4 is 0 Å². The normalized spacial score (nSPS) is 20.8. The van der Waals surface area contributed by atoms with E-state index < -0.39 is 12.3 Å². The van der Waals surface area contributed by atoms with Crippen molar-refractivity contribution in [2.24, 2.45) is 0 Å². The maximum Gasteiger partial charge on any atom is 0.363 e. The first-order valence-corrected chi connectivity index (χ1v) is 4.17. The van der Waals surface area contributed by atoms with Crippen LogP contribution in [0.4, 0.5) is 0 Å². The Hall–Kier alpha value is -0.610. The van der Waals surface area contributed by atoms with Crippen LogP contribution in [0, 0.1) is 0 Å². The van der Waals surface area contributed by atoms with Gasteiger partial charge in [-0.25, -0.2) is 4.79 Å². The van der Waals surface area contributed by atoms with Gasteiger partial charge in [0.15, 0.2) is 0 Å². The minimum atomic E-state index is -0.793. The molecule has 1 saturated heterocycles. The highest BCUT2D eigenvalue weighted by Crippen LogP contribution is 2.07. The second-order valence-electron chi connectivity index (χ2n) is 2.73. The first kappa shape index (κ1) is 9.48. The summed E-state index contributed by atoms with van der Waals surface area (Å²) < 4.78 is 14.9. The topological polar surface area (TPSA) is 44.8 Å². The molecule has 1 fully saturated rings. The van der Waals surface area contributed by atoms with Gasteiger partial charge in [0.05, 0.1) is 19.3 Å². The van der Waals surface area contributed by atoms with Gasteiger partial charge in [0.25, 0.3) is 6.29 Å². The Morgan fingerprint density at radius 3 is 2.67 bits per heavy atom. The highest BCUT2D eigenvalue weighted by molar-refractivity contribution is 5.73. The molecule has 4 nitrogen and oxygen atoms in total. The van der Waals surface area contributed by atoms with Crippen LogP contribution in [0.3, 0.4) is 0 Å². The van der Waals surface area contributed by atoms with E-state index in [-0.39, 0.29) is 6.10 Å². The average Bonchev–Trinajstić information content (AvgIpc) is 2.56. The molecule has 1 rings (SSSR count). The molecule has 1 aliphatic rings. The summed E-state index contributed by atoms with van der Waals surface area (Å²) in [4.78, 5) is 11.1. The lowest BCUT2D eigenvalue weighted by Crippen LogP contribution is -2.27. The summed E-state index contributed by atoms with van der Waals surface area (Å²) in [5.41, 5.74) is 0. The Bertz CT molecular complexity index is 151. The Labute approximate surface area is 71.8 Å². The maximum absolute atomic E-state index is 11.1. The zero-order chi connectivity index (χ0) is 8.97. The quantitative estimate of drug-likeness (QED) is 0.591. The maximum atomic E-state index is 11.1. The minimum Gasteiger partial charge on any atom is -0.459 e. The molecular formula is C8H14O4. The molecule has 0 saturated carbocycles. The Morgan fingerprint density at radius 2 is 2.17 bits per heavy atom. The van der Waals surface area contributed by atoms with Gasteiger partial charge >= 0.3 is 5.97 Å². The number of carbonyl (C=O) groups is 1. The molecule has 1 heterocycles. The van der Waals surface area contributed by atoms with Crippen LogP contribution in [0.1, 0.15) is 20.3 Å². The molecule has 0 aromatic heterocycles. The predicted octanol–water partition coefficient (Wildman–Crippen LogP) is 0.701. The molecule has 0 aliphatic carbocycles. The molecule has 70 valence electrons. The van der Waals surface area contributed by atoms with Crippen molar-refractivity contribution in [3.8, 4) is 0 Å². The summed E-state index contributed by atoms with van der Waals surface area (Å²) in [6.07, 6.45) is -0.0531. The van der Waals surface area contributed by atoms with Gasteiger partial charge in [-0.1, -0.05) is 6.92 Å². The highest BCUT2D eigenvalue weighted by Gasteiger charge is 2.26. The van der Waals surface area contributed by atoms with E-state index >= 15 is 0 Å². The number of ether oxygens (including phenoxy) is 3. The van der Waals surface area contributed by atoms with Crippen LogP contribution in [-0.2, 0) is 19.0 Å². The zero-order valence-corrected chi connectivity index (χ0v) is 7.41. The van der Waals surface area contributed by atoms with Gasteiger partial charge in [-0.2, -0.15) is 0 Å². The molecule has 0 bridgehead atoms. The Balaban J connectivity index is 2.27. The number of hydrogen-bond acceptors (Lipinski definition) is 4. The molecule has 0 aromatic rings. The third-order valence-electron chi connectivity index (χ3n) is 1.71. The lowest BCUT2D eigenvalue weighted by atomic mass is 10.3. The fourth-order valence-corrected chi connectivity index (χ4v) is 0.832. The molecule has 0 radical (unpaired) electrons. The largest absolute Gasteiger partial charge is 0.459 e.